The third-order valence-corrected chi connectivity index (χ3v) is 10.4. The molecule has 1 aromatic heterocycles. The van der Waals surface area contributed by atoms with E-state index in [1.807, 2.05) is 34.9 Å². The van der Waals surface area contributed by atoms with Crippen molar-refractivity contribution in [1.29, 1.82) is 0 Å². The standard InChI is InChI=1S/C34H44ClN5O6/c1-21-6-7-28(15-29(21)35)39(33(45)25-8-12-37(13-9-25)24(4)41)11-5-10-36-16-26-18-38(19-27(26)17-36)34(46)32-22(2)14-30(42)40(23(32)3)20-31(43)44/h6-7,14-15,25-27H,5,8-13,16-20H2,1-4H3,(H,43,44). The SMILES string of the molecule is CC(=O)N1CCC(C(=O)N(CCCN2CC3CN(C(=O)c4c(C)cc(=O)n(CC(=O)O)c4C)CC3C2)c2ccc(C)c(Cl)c2)CC1. The van der Waals surface area contributed by atoms with Crippen LogP contribution in [-0.2, 0) is 20.9 Å². The summed E-state index contributed by atoms with van der Waals surface area (Å²) < 4.78 is 1.15. The lowest BCUT2D eigenvalue weighted by atomic mass is 9.94. The Hall–Kier alpha value is -3.70. The maximum atomic E-state index is 13.8. The van der Waals surface area contributed by atoms with Gasteiger partial charge in [-0.25, -0.2) is 0 Å². The number of fused-ring (bicyclic) bond motifs is 1. The monoisotopic (exact) mass is 653 g/mol. The number of hydrogen-bond acceptors (Lipinski definition) is 6. The minimum absolute atomic E-state index is 0.0444. The fourth-order valence-electron chi connectivity index (χ4n) is 7.40. The van der Waals surface area contributed by atoms with Gasteiger partial charge >= 0.3 is 5.97 Å². The maximum absolute atomic E-state index is 13.8. The molecule has 0 saturated carbocycles. The Kier molecular flexibility index (Phi) is 10.2. The number of piperidine rings is 1. The van der Waals surface area contributed by atoms with Crippen molar-refractivity contribution in [3.8, 4) is 0 Å². The zero-order valence-electron chi connectivity index (χ0n) is 27.1. The number of rotatable bonds is 9. The summed E-state index contributed by atoms with van der Waals surface area (Å²) >= 11 is 6.46. The number of aliphatic carboxylic acids is 1. The van der Waals surface area contributed by atoms with Crippen molar-refractivity contribution in [3.05, 3.63) is 62.0 Å². The molecule has 12 heteroatoms. The second-order valence-electron chi connectivity index (χ2n) is 13.2. The topological polar surface area (TPSA) is 123 Å². The molecule has 0 spiro atoms. The molecule has 0 bridgehead atoms. The van der Waals surface area contributed by atoms with Crippen molar-refractivity contribution in [3.63, 3.8) is 0 Å². The summed E-state index contributed by atoms with van der Waals surface area (Å²) in [7, 11) is 0. The molecule has 0 radical (unpaired) electrons. The molecule has 2 aromatic rings. The summed E-state index contributed by atoms with van der Waals surface area (Å²) in [6, 6.07) is 7.10. The van der Waals surface area contributed by atoms with E-state index in [1.165, 1.54) is 6.07 Å². The van der Waals surface area contributed by atoms with Crippen molar-refractivity contribution < 1.29 is 24.3 Å². The number of anilines is 1. The second-order valence-corrected chi connectivity index (χ2v) is 13.6. The van der Waals surface area contributed by atoms with Gasteiger partial charge in [0.1, 0.15) is 6.54 Å². The molecular weight excluding hydrogens is 610 g/mol. The summed E-state index contributed by atoms with van der Waals surface area (Å²) in [4.78, 5) is 70.8. The number of carbonyl (C=O) groups excluding carboxylic acids is 3. The summed E-state index contributed by atoms with van der Waals surface area (Å²) in [5.41, 5.74) is 2.68. The zero-order valence-corrected chi connectivity index (χ0v) is 27.9. The summed E-state index contributed by atoms with van der Waals surface area (Å²) in [6.07, 6.45) is 2.09. The van der Waals surface area contributed by atoms with Crippen LogP contribution < -0.4 is 10.5 Å². The molecule has 1 N–H and O–H groups in total. The highest BCUT2D eigenvalue weighted by atomic mass is 35.5. The van der Waals surface area contributed by atoms with Crippen molar-refractivity contribution in [2.75, 3.05) is 57.3 Å². The van der Waals surface area contributed by atoms with E-state index in [4.69, 9.17) is 11.6 Å². The second kappa shape index (κ2) is 14.0. The van der Waals surface area contributed by atoms with Crippen LogP contribution >= 0.6 is 11.6 Å². The van der Waals surface area contributed by atoms with Gasteiger partial charge in [-0.2, -0.15) is 0 Å². The predicted octanol–water partition coefficient (Wildman–Crippen LogP) is 3.20. The molecular formula is C34H44ClN5O6. The highest BCUT2D eigenvalue weighted by Gasteiger charge is 2.42. The number of carboxylic acids is 1. The number of aromatic nitrogens is 1. The molecule has 1 aromatic carbocycles. The minimum Gasteiger partial charge on any atom is -0.480 e. The van der Waals surface area contributed by atoms with Gasteiger partial charge in [0.2, 0.25) is 11.8 Å². The predicted molar refractivity (Wildman–Crippen MR) is 175 cm³/mol. The maximum Gasteiger partial charge on any atom is 0.323 e. The number of hydrogen-bond donors (Lipinski definition) is 1. The van der Waals surface area contributed by atoms with E-state index < -0.39 is 18.1 Å². The van der Waals surface area contributed by atoms with Crippen LogP contribution in [0.5, 0.6) is 0 Å². The lowest BCUT2D eigenvalue weighted by Crippen LogP contribution is -2.44. The third kappa shape index (κ3) is 7.15. The number of pyridine rings is 1. The van der Waals surface area contributed by atoms with Crippen LogP contribution in [0.1, 0.15) is 53.4 Å². The van der Waals surface area contributed by atoms with Gasteiger partial charge in [-0.1, -0.05) is 17.7 Å². The molecule has 3 amide bonds. The van der Waals surface area contributed by atoms with Crippen molar-refractivity contribution >= 4 is 41.0 Å². The van der Waals surface area contributed by atoms with Crippen molar-refractivity contribution in [1.82, 2.24) is 19.3 Å². The molecule has 3 aliphatic rings. The number of aryl methyl sites for hydroxylation is 2. The lowest BCUT2D eigenvalue weighted by Gasteiger charge is -2.34. The fraction of sp³-hybridized carbons (Fsp3) is 0.559. The Morgan fingerprint density at radius 1 is 0.935 bits per heavy atom. The highest BCUT2D eigenvalue weighted by molar-refractivity contribution is 6.31. The molecule has 248 valence electrons. The third-order valence-electron chi connectivity index (χ3n) is 10.0. The van der Waals surface area contributed by atoms with Crippen molar-refractivity contribution in [2.45, 2.75) is 53.5 Å². The molecule has 0 aliphatic carbocycles. The van der Waals surface area contributed by atoms with E-state index in [0.29, 0.717) is 79.2 Å². The largest absolute Gasteiger partial charge is 0.480 e. The number of carboxylic acid groups (broad SMARTS) is 1. The average molecular weight is 654 g/mol. The first kappa shape index (κ1) is 33.7. The van der Waals surface area contributed by atoms with Gasteiger partial charge in [0.05, 0.1) is 5.56 Å². The van der Waals surface area contributed by atoms with Gasteiger partial charge in [0.15, 0.2) is 0 Å². The normalized spacial score (nSPS) is 20.2. The molecule has 11 nitrogen and oxygen atoms in total. The average Bonchev–Trinajstić information content (AvgIpc) is 3.58. The summed E-state index contributed by atoms with van der Waals surface area (Å²) in [5.74, 6) is -0.646. The van der Waals surface area contributed by atoms with Crippen LogP contribution in [0, 0.1) is 38.5 Å². The number of amides is 3. The Morgan fingerprint density at radius 2 is 1.59 bits per heavy atom. The van der Waals surface area contributed by atoms with Gasteiger partial charge in [0.25, 0.3) is 11.5 Å². The van der Waals surface area contributed by atoms with Gasteiger partial charge in [-0.15, -0.1) is 0 Å². The van der Waals surface area contributed by atoms with Crippen molar-refractivity contribution in [2.24, 2.45) is 17.8 Å². The number of carbonyl (C=O) groups is 4. The van der Waals surface area contributed by atoms with Gasteiger partial charge in [-0.3, -0.25) is 24.0 Å². The minimum atomic E-state index is -1.13. The van der Waals surface area contributed by atoms with E-state index in [2.05, 4.69) is 4.90 Å². The van der Waals surface area contributed by atoms with E-state index in [-0.39, 0.29) is 23.6 Å². The van der Waals surface area contributed by atoms with Crippen LogP contribution in [0.2, 0.25) is 5.02 Å². The molecule has 2 atom stereocenters. The van der Waals surface area contributed by atoms with Crippen LogP contribution in [0.3, 0.4) is 0 Å². The summed E-state index contributed by atoms with van der Waals surface area (Å²) in [5, 5.41) is 9.87. The Bertz CT molecular complexity index is 1570. The lowest BCUT2D eigenvalue weighted by molar-refractivity contribution is -0.137. The molecule has 5 rings (SSSR count). The number of halogens is 1. The van der Waals surface area contributed by atoms with Crippen LogP contribution in [0.4, 0.5) is 5.69 Å². The molecule has 3 fully saturated rings. The Morgan fingerprint density at radius 3 is 2.17 bits per heavy atom. The quantitative estimate of drug-likeness (QED) is 0.441. The first-order chi connectivity index (χ1) is 21.8. The van der Waals surface area contributed by atoms with E-state index in [9.17, 15) is 29.1 Å². The Labute approximate surface area is 274 Å². The first-order valence-electron chi connectivity index (χ1n) is 16.1. The van der Waals surface area contributed by atoms with Crippen LogP contribution in [-0.4, -0.2) is 100 Å². The fourth-order valence-corrected chi connectivity index (χ4v) is 7.58. The number of likely N-dealkylation sites (tertiary alicyclic amines) is 3. The smallest absolute Gasteiger partial charge is 0.323 e. The van der Waals surface area contributed by atoms with Crippen LogP contribution in [0.25, 0.3) is 0 Å². The molecule has 46 heavy (non-hydrogen) atoms. The van der Waals surface area contributed by atoms with Crippen LogP contribution in [0.15, 0.2) is 29.1 Å². The van der Waals surface area contributed by atoms with Gasteiger partial charge in [-0.05, 0) is 81.7 Å². The van der Waals surface area contributed by atoms with Gasteiger partial charge in [0, 0.05) is 81.1 Å². The van der Waals surface area contributed by atoms with E-state index in [0.717, 1.165) is 41.9 Å². The molecule has 3 aliphatic heterocycles. The molecule has 4 heterocycles. The van der Waals surface area contributed by atoms with E-state index in [1.54, 1.807) is 25.7 Å². The summed E-state index contributed by atoms with van der Waals surface area (Å²) in [6.45, 7) is 11.9. The molecule has 2 unspecified atom stereocenters. The Balaban J connectivity index is 1.19. The number of nitrogens with zero attached hydrogens (tertiary/aromatic N) is 5. The molecule has 3 saturated heterocycles. The highest BCUT2D eigenvalue weighted by Crippen LogP contribution is 2.33. The van der Waals surface area contributed by atoms with E-state index >= 15 is 0 Å². The number of benzene rings is 1. The zero-order chi connectivity index (χ0) is 33.3. The van der Waals surface area contributed by atoms with Gasteiger partial charge < -0.3 is 29.3 Å². The first-order valence-corrected chi connectivity index (χ1v) is 16.5.